The van der Waals surface area contributed by atoms with Crippen LogP contribution in [0.3, 0.4) is 0 Å². The number of anilines is 1. The van der Waals surface area contributed by atoms with E-state index in [1.54, 1.807) is 17.0 Å². The van der Waals surface area contributed by atoms with Crippen LogP contribution in [0, 0.1) is 5.82 Å². The Labute approximate surface area is 119 Å². The van der Waals surface area contributed by atoms with E-state index < -0.39 is 0 Å². The number of benzene rings is 1. The van der Waals surface area contributed by atoms with Gasteiger partial charge in [-0.05, 0) is 38.1 Å². The zero-order chi connectivity index (χ0) is 14.5. The fourth-order valence-electron chi connectivity index (χ4n) is 2.50. The first-order valence-corrected chi connectivity index (χ1v) is 7.12. The van der Waals surface area contributed by atoms with Crippen LogP contribution in [0.1, 0.15) is 13.8 Å². The minimum absolute atomic E-state index is 0.0628. The predicted molar refractivity (Wildman–Crippen MR) is 78.3 cm³/mol. The van der Waals surface area contributed by atoms with Crippen LogP contribution in [0.15, 0.2) is 24.3 Å². The lowest BCUT2D eigenvalue weighted by Gasteiger charge is -2.34. The van der Waals surface area contributed by atoms with Crippen LogP contribution in [0.4, 0.5) is 10.1 Å². The molecule has 2 rings (SSSR count). The molecule has 1 fully saturated rings. The van der Waals surface area contributed by atoms with Crippen LogP contribution in [-0.2, 0) is 4.79 Å². The van der Waals surface area contributed by atoms with Crippen LogP contribution in [0.2, 0.25) is 0 Å². The molecule has 1 unspecified atom stereocenters. The molecule has 4 nitrogen and oxygen atoms in total. The van der Waals surface area contributed by atoms with Gasteiger partial charge in [0.2, 0.25) is 5.91 Å². The maximum Gasteiger partial charge on any atom is 0.241 e. The number of hydrogen-bond acceptors (Lipinski definition) is 3. The van der Waals surface area contributed by atoms with E-state index in [0.717, 1.165) is 25.3 Å². The normalized spacial score (nSPS) is 19.9. The highest BCUT2D eigenvalue weighted by Crippen LogP contribution is 2.15. The number of carbonyl (C=O) groups is 1. The molecule has 1 N–H and O–H groups in total. The molecule has 1 saturated heterocycles. The third kappa shape index (κ3) is 3.55. The highest BCUT2D eigenvalue weighted by molar-refractivity contribution is 5.94. The maximum absolute atomic E-state index is 13.0. The lowest BCUT2D eigenvalue weighted by molar-refractivity contribution is -0.120. The second-order valence-corrected chi connectivity index (χ2v) is 5.14. The number of carbonyl (C=O) groups excluding carboxylic acids is 1. The Bertz CT molecular complexity index is 449. The van der Waals surface area contributed by atoms with E-state index in [9.17, 15) is 9.18 Å². The van der Waals surface area contributed by atoms with Crippen LogP contribution in [0.5, 0.6) is 0 Å². The summed E-state index contributed by atoms with van der Waals surface area (Å²) < 4.78 is 13.0. The highest BCUT2D eigenvalue weighted by Gasteiger charge is 2.23. The fraction of sp³-hybridized carbons (Fsp3) is 0.533. The smallest absolute Gasteiger partial charge is 0.241 e. The zero-order valence-corrected chi connectivity index (χ0v) is 12.1. The zero-order valence-electron chi connectivity index (χ0n) is 12.1. The summed E-state index contributed by atoms with van der Waals surface area (Å²) in [7, 11) is 0. The van der Waals surface area contributed by atoms with Crippen molar-refractivity contribution >= 4 is 11.6 Å². The van der Waals surface area contributed by atoms with Gasteiger partial charge in [-0.1, -0.05) is 0 Å². The van der Waals surface area contributed by atoms with Crippen LogP contribution < -0.4 is 10.2 Å². The number of hydrogen-bond donors (Lipinski definition) is 1. The fourth-order valence-corrected chi connectivity index (χ4v) is 2.50. The average molecular weight is 279 g/mol. The molecule has 0 spiro atoms. The number of amides is 1. The molecule has 1 aliphatic rings. The van der Waals surface area contributed by atoms with E-state index >= 15 is 0 Å². The molecule has 1 aromatic carbocycles. The van der Waals surface area contributed by atoms with E-state index in [2.05, 4.69) is 17.1 Å². The molecule has 1 aliphatic heterocycles. The first-order chi connectivity index (χ1) is 9.61. The molecule has 0 saturated carbocycles. The Morgan fingerprint density at radius 2 is 2.15 bits per heavy atom. The Balaban J connectivity index is 2.03. The Morgan fingerprint density at radius 3 is 2.75 bits per heavy atom. The van der Waals surface area contributed by atoms with Crippen molar-refractivity contribution in [2.75, 3.05) is 37.6 Å². The van der Waals surface area contributed by atoms with Gasteiger partial charge in [0.15, 0.2) is 0 Å². The number of halogens is 1. The minimum atomic E-state index is -0.284. The van der Waals surface area contributed by atoms with Crippen molar-refractivity contribution in [3.8, 4) is 0 Å². The van der Waals surface area contributed by atoms with Crippen molar-refractivity contribution in [2.24, 2.45) is 0 Å². The van der Waals surface area contributed by atoms with E-state index in [4.69, 9.17) is 0 Å². The van der Waals surface area contributed by atoms with E-state index in [-0.39, 0.29) is 11.7 Å². The molecule has 1 atom stereocenters. The summed E-state index contributed by atoms with van der Waals surface area (Å²) in [5.74, 6) is -0.221. The monoisotopic (exact) mass is 279 g/mol. The number of piperazine rings is 1. The van der Waals surface area contributed by atoms with Gasteiger partial charge in [-0.3, -0.25) is 9.69 Å². The second kappa shape index (κ2) is 6.81. The second-order valence-electron chi connectivity index (χ2n) is 5.14. The van der Waals surface area contributed by atoms with E-state index in [1.165, 1.54) is 12.1 Å². The largest absolute Gasteiger partial charge is 0.314 e. The number of rotatable bonds is 4. The minimum Gasteiger partial charge on any atom is -0.314 e. The molecule has 1 aromatic rings. The van der Waals surface area contributed by atoms with Crippen molar-refractivity contribution < 1.29 is 9.18 Å². The van der Waals surface area contributed by atoms with Gasteiger partial charge in [-0.2, -0.15) is 0 Å². The summed E-state index contributed by atoms with van der Waals surface area (Å²) >= 11 is 0. The third-order valence-electron chi connectivity index (χ3n) is 3.73. The predicted octanol–water partition coefficient (Wildman–Crippen LogP) is 1.47. The van der Waals surface area contributed by atoms with Crippen molar-refractivity contribution in [3.63, 3.8) is 0 Å². The lowest BCUT2D eigenvalue weighted by Crippen LogP contribution is -2.53. The molecule has 0 aromatic heterocycles. The van der Waals surface area contributed by atoms with Crippen LogP contribution >= 0.6 is 0 Å². The van der Waals surface area contributed by atoms with Gasteiger partial charge in [0.05, 0.1) is 6.54 Å². The van der Waals surface area contributed by atoms with Gasteiger partial charge >= 0.3 is 0 Å². The molecular formula is C15H22FN3O. The summed E-state index contributed by atoms with van der Waals surface area (Å²) in [6, 6.07) is 6.44. The SMILES string of the molecule is CCN(C(=O)CN1CCNCC1C)c1ccc(F)cc1. The summed E-state index contributed by atoms with van der Waals surface area (Å²) in [4.78, 5) is 16.3. The topological polar surface area (TPSA) is 35.6 Å². The molecule has 1 heterocycles. The number of nitrogens with one attached hydrogen (secondary N) is 1. The van der Waals surface area contributed by atoms with Gasteiger partial charge in [0.1, 0.15) is 5.82 Å². The molecule has 110 valence electrons. The number of nitrogens with zero attached hydrogens (tertiary/aromatic N) is 2. The molecule has 0 bridgehead atoms. The average Bonchev–Trinajstić information content (AvgIpc) is 2.44. The molecule has 0 radical (unpaired) electrons. The molecule has 1 amide bonds. The summed E-state index contributed by atoms with van der Waals surface area (Å²) in [6.07, 6.45) is 0. The summed E-state index contributed by atoms with van der Waals surface area (Å²) in [5, 5.41) is 3.31. The molecule has 20 heavy (non-hydrogen) atoms. The first kappa shape index (κ1) is 14.9. The Morgan fingerprint density at radius 1 is 1.45 bits per heavy atom. The molecular weight excluding hydrogens is 257 g/mol. The maximum atomic E-state index is 13.0. The first-order valence-electron chi connectivity index (χ1n) is 7.12. The van der Waals surface area contributed by atoms with Gasteiger partial charge < -0.3 is 10.2 Å². The molecule has 0 aliphatic carbocycles. The summed E-state index contributed by atoms with van der Waals surface area (Å²) in [6.45, 7) is 7.76. The number of likely N-dealkylation sites (N-methyl/N-ethyl adjacent to an activating group) is 1. The molecule has 5 heteroatoms. The highest BCUT2D eigenvalue weighted by atomic mass is 19.1. The van der Waals surface area contributed by atoms with Gasteiger partial charge in [-0.15, -0.1) is 0 Å². The Hall–Kier alpha value is -1.46. The third-order valence-corrected chi connectivity index (χ3v) is 3.73. The van der Waals surface area contributed by atoms with Crippen LogP contribution in [-0.4, -0.2) is 49.6 Å². The van der Waals surface area contributed by atoms with Crippen molar-refractivity contribution in [3.05, 3.63) is 30.1 Å². The van der Waals surface area contributed by atoms with Gasteiger partial charge in [0, 0.05) is 37.9 Å². The summed E-state index contributed by atoms with van der Waals surface area (Å²) in [5.41, 5.74) is 0.752. The van der Waals surface area contributed by atoms with E-state index in [0.29, 0.717) is 19.1 Å². The van der Waals surface area contributed by atoms with Crippen molar-refractivity contribution in [2.45, 2.75) is 19.9 Å². The quantitative estimate of drug-likeness (QED) is 0.906. The lowest BCUT2D eigenvalue weighted by atomic mass is 10.2. The standard InChI is InChI=1S/C15H22FN3O/c1-3-19(14-6-4-13(16)5-7-14)15(20)11-18-9-8-17-10-12(18)2/h4-7,12,17H,3,8-11H2,1-2H3. The van der Waals surface area contributed by atoms with E-state index in [1.807, 2.05) is 6.92 Å². The van der Waals surface area contributed by atoms with Crippen LogP contribution in [0.25, 0.3) is 0 Å². The Kier molecular flexibility index (Phi) is 5.09. The van der Waals surface area contributed by atoms with Crippen molar-refractivity contribution in [1.82, 2.24) is 10.2 Å². The van der Waals surface area contributed by atoms with Crippen molar-refractivity contribution in [1.29, 1.82) is 0 Å². The van der Waals surface area contributed by atoms with Gasteiger partial charge in [-0.25, -0.2) is 4.39 Å². The van der Waals surface area contributed by atoms with Gasteiger partial charge in [0.25, 0.3) is 0 Å².